The Kier molecular flexibility index (Phi) is 4.61. The van der Waals surface area contributed by atoms with Crippen molar-refractivity contribution in [3.8, 4) is 6.07 Å². The molecule has 0 unspecified atom stereocenters. The number of allylic oxidation sites excluding steroid dienone is 1. The first-order valence-electron chi connectivity index (χ1n) is 3.35. The van der Waals surface area contributed by atoms with Gasteiger partial charge in [-0.25, -0.2) is 0 Å². The molecule has 0 aliphatic heterocycles. The molecule has 0 aromatic heterocycles. The number of rotatable bonds is 3. The molecule has 0 spiro atoms. The first kappa shape index (κ1) is 9.19. The van der Waals surface area contributed by atoms with E-state index in [2.05, 4.69) is 26.0 Å². The van der Waals surface area contributed by atoms with Gasteiger partial charge in [0.2, 0.25) is 0 Å². The SMILES string of the molecule is CC(C)=CCN(C)CC#N. The van der Waals surface area contributed by atoms with Crippen LogP contribution in [0.5, 0.6) is 0 Å². The van der Waals surface area contributed by atoms with Crippen LogP contribution < -0.4 is 0 Å². The zero-order valence-electron chi connectivity index (χ0n) is 6.89. The molecule has 0 aliphatic rings. The van der Waals surface area contributed by atoms with Gasteiger partial charge in [0, 0.05) is 6.54 Å². The first-order valence-corrected chi connectivity index (χ1v) is 3.35. The van der Waals surface area contributed by atoms with Crippen molar-refractivity contribution in [3.63, 3.8) is 0 Å². The molecule has 0 aromatic carbocycles. The number of nitriles is 1. The van der Waals surface area contributed by atoms with Crippen LogP contribution in [0.4, 0.5) is 0 Å². The Morgan fingerprint density at radius 1 is 1.60 bits per heavy atom. The van der Waals surface area contributed by atoms with E-state index < -0.39 is 0 Å². The van der Waals surface area contributed by atoms with Gasteiger partial charge in [0.25, 0.3) is 0 Å². The minimum absolute atomic E-state index is 0.504. The lowest BCUT2D eigenvalue weighted by molar-refractivity contribution is 0.416. The van der Waals surface area contributed by atoms with E-state index in [0.717, 1.165) is 6.54 Å². The summed E-state index contributed by atoms with van der Waals surface area (Å²) in [4.78, 5) is 1.97. The van der Waals surface area contributed by atoms with Crippen molar-refractivity contribution in [3.05, 3.63) is 11.6 Å². The fourth-order valence-corrected chi connectivity index (χ4v) is 0.524. The van der Waals surface area contributed by atoms with Crippen LogP contribution in [-0.4, -0.2) is 25.0 Å². The quantitative estimate of drug-likeness (QED) is 0.435. The second-order valence-corrected chi connectivity index (χ2v) is 2.64. The largest absolute Gasteiger partial charge is 0.290 e. The van der Waals surface area contributed by atoms with Crippen LogP contribution >= 0.6 is 0 Å². The molecule has 0 atom stereocenters. The minimum Gasteiger partial charge on any atom is -0.290 e. The summed E-state index contributed by atoms with van der Waals surface area (Å²) in [6, 6.07) is 2.09. The summed E-state index contributed by atoms with van der Waals surface area (Å²) >= 11 is 0. The molecule has 0 radical (unpaired) electrons. The maximum absolute atomic E-state index is 8.29. The van der Waals surface area contributed by atoms with Gasteiger partial charge < -0.3 is 0 Å². The molecule has 0 N–H and O–H groups in total. The third kappa shape index (κ3) is 5.33. The molecular formula is C8H14N2. The van der Waals surface area contributed by atoms with Gasteiger partial charge in [0.15, 0.2) is 0 Å². The van der Waals surface area contributed by atoms with E-state index in [9.17, 15) is 0 Å². The second kappa shape index (κ2) is 5.01. The summed E-state index contributed by atoms with van der Waals surface area (Å²) in [7, 11) is 1.93. The molecule has 56 valence electrons. The normalized spacial score (nSPS) is 9.10. The van der Waals surface area contributed by atoms with Gasteiger partial charge in [-0.05, 0) is 20.9 Å². The van der Waals surface area contributed by atoms with E-state index in [4.69, 9.17) is 5.26 Å². The molecule has 10 heavy (non-hydrogen) atoms. The highest BCUT2D eigenvalue weighted by Gasteiger charge is 1.90. The Morgan fingerprint density at radius 2 is 2.20 bits per heavy atom. The molecule has 0 aromatic rings. The maximum Gasteiger partial charge on any atom is 0.0866 e. The fourth-order valence-electron chi connectivity index (χ4n) is 0.524. The number of likely N-dealkylation sites (N-methyl/N-ethyl adjacent to an activating group) is 1. The van der Waals surface area contributed by atoms with Gasteiger partial charge in [-0.15, -0.1) is 0 Å². The number of hydrogen-bond acceptors (Lipinski definition) is 2. The highest BCUT2D eigenvalue weighted by Crippen LogP contribution is 1.89. The van der Waals surface area contributed by atoms with Crippen molar-refractivity contribution >= 4 is 0 Å². The molecule has 0 rings (SSSR count). The van der Waals surface area contributed by atoms with Gasteiger partial charge in [-0.3, -0.25) is 4.90 Å². The third-order valence-electron chi connectivity index (χ3n) is 1.15. The van der Waals surface area contributed by atoms with Crippen molar-refractivity contribution < 1.29 is 0 Å². The lowest BCUT2D eigenvalue weighted by Gasteiger charge is -2.08. The Labute approximate surface area is 62.8 Å². The van der Waals surface area contributed by atoms with Crippen molar-refractivity contribution in [2.45, 2.75) is 13.8 Å². The molecule has 0 amide bonds. The average molecular weight is 138 g/mol. The van der Waals surface area contributed by atoms with Gasteiger partial charge in [-0.2, -0.15) is 5.26 Å². The van der Waals surface area contributed by atoms with Crippen LogP contribution in [-0.2, 0) is 0 Å². The molecule has 0 bridgehead atoms. The Bertz CT molecular complexity index is 149. The molecular weight excluding hydrogens is 124 g/mol. The smallest absolute Gasteiger partial charge is 0.0866 e. The standard InChI is InChI=1S/C8H14N2/c1-8(2)4-6-10(3)7-5-9/h4H,6-7H2,1-3H3. The third-order valence-corrected chi connectivity index (χ3v) is 1.15. The van der Waals surface area contributed by atoms with Gasteiger partial charge in [0.1, 0.15) is 0 Å². The van der Waals surface area contributed by atoms with Crippen LogP contribution in [0, 0.1) is 11.3 Å². The van der Waals surface area contributed by atoms with E-state index in [0.29, 0.717) is 6.54 Å². The van der Waals surface area contributed by atoms with Gasteiger partial charge in [0.05, 0.1) is 12.6 Å². The topological polar surface area (TPSA) is 27.0 Å². The molecule has 0 heterocycles. The van der Waals surface area contributed by atoms with Crippen molar-refractivity contribution in [1.29, 1.82) is 5.26 Å². The summed E-state index contributed by atoms with van der Waals surface area (Å²) in [5.74, 6) is 0. The van der Waals surface area contributed by atoms with E-state index in [1.807, 2.05) is 11.9 Å². The molecule has 0 saturated heterocycles. The summed E-state index contributed by atoms with van der Waals surface area (Å²) in [5, 5.41) is 8.29. The Morgan fingerprint density at radius 3 is 2.60 bits per heavy atom. The molecule has 0 aliphatic carbocycles. The summed E-state index contributed by atoms with van der Waals surface area (Å²) < 4.78 is 0. The van der Waals surface area contributed by atoms with E-state index >= 15 is 0 Å². The van der Waals surface area contributed by atoms with Crippen LogP contribution in [0.1, 0.15) is 13.8 Å². The minimum atomic E-state index is 0.504. The number of nitrogens with zero attached hydrogens (tertiary/aromatic N) is 2. The summed E-state index contributed by atoms with van der Waals surface area (Å²) in [6.45, 7) is 5.49. The fraction of sp³-hybridized carbons (Fsp3) is 0.625. The highest BCUT2D eigenvalue weighted by atomic mass is 15.1. The second-order valence-electron chi connectivity index (χ2n) is 2.64. The van der Waals surface area contributed by atoms with Crippen molar-refractivity contribution in [2.24, 2.45) is 0 Å². The predicted octanol–water partition coefficient (Wildman–Crippen LogP) is 1.41. The zero-order valence-corrected chi connectivity index (χ0v) is 6.89. The lowest BCUT2D eigenvalue weighted by atomic mass is 10.3. The summed E-state index contributed by atoms with van der Waals surface area (Å²) in [6.07, 6.45) is 2.11. The van der Waals surface area contributed by atoms with Gasteiger partial charge in [-0.1, -0.05) is 11.6 Å². The van der Waals surface area contributed by atoms with Crippen LogP contribution in [0.3, 0.4) is 0 Å². The molecule has 0 saturated carbocycles. The van der Waals surface area contributed by atoms with Crippen LogP contribution in [0.25, 0.3) is 0 Å². The summed E-state index contributed by atoms with van der Waals surface area (Å²) in [5.41, 5.74) is 1.30. The van der Waals surface area contributed by atoms with Gasteiger partial charge >= 0.3 is 0 Å². The van der Waals surface area contributed by atoms with E-state index in [1.54, 1.807) is 0 Å². The zero-order chi connectivity index (χ0) is 7.98. The van der Waals surface area contributed by atoms with Crippen molar-refractivity contribution in [1.82, 2.24) is 4.90 Å². The predicted molar refractivity (Wildman–Crippen MR) is 42.5 cm³/mol. The number of hydrogen-bond donors (Lipinski definition) is 0. The van der Waals surface area contributed by atoms with Crippen molar-refractivity contribution in [2.75, 3.05) is 20.1 Å². The average Bonchev–Trinajstić information content (AvgIpc) is 1.85. The Balaban J connectivity index is 3.51. The monoisotopic (exact) mass is 138 g/mol. The highest BCUT2D eigenvalue weighted by molar-refractivity contribution is 4.95. The molecule has 0 fully saturated rings. The molecule has 2 nitrogen and oxygen atoms in total. The van der Waals surface area contributed by atoms with Crippen LogP contribution in [0.15, 0.2) is 11.6 Å². The molecule has 2 heteroatoms. The van der Waals surface area contributed by atoms with E-state index in [-0.39, 0.29) is 0 Å². The van der Waals surface area contributed by atoms with E-state index in [1.165, 1.54) is 5.57 Å². The first-order chi connectivity index (χ1) is 4.66. The Hall–Kier alpha value is -0.810. The maximum atomic E-state index is 8.29. The lowest BCUT2D eigenvalue weighted by Crippen LogP contribution is -2.18. The van der Waals surface area contributed by atoms with Crippen LogP contribution in [0.2, 0.25) is 0 Å².